The Hall–Kier alpha value is -1.48. The maximum absolute atomic E-state index is 5.78. The van der Waals surface area contributed by atoms with Crippen LogP contribution in [-0.2, 0) is 0 Å². The Bertz CT molecular complexity index is 428. The van der Waals surface area contributed by atoms with Gasteiger partial charge in [0.05, 0.1) is 12.3 Å². The summed E-state index contributed by atoms with van der Waals surface area (Å²) < 4.78 is 5.27. The van der Waals surface area contributed by atoms with Crippen LogP contribution in [0.5, 0.6) is 0 Å². The van der Waals surface area contributed by atoms with Gasteiger partial charge in [-0.05, 0) is 31.2 Å². The van der Waals surface area contributed by atoms with Gasteiger partial charge in [0.1, 0.15) is 16.7 Å². The van der Waals surface area contributed by atoms with Crippen molar-refractivity contribution in [2.45, 2.75) is 13.0 Å². The van der Waals surface area contributed by atoms with Crippen molar-refractivity contribution < 1.29 is 4.42 Å². The second kappa shape index (κ2) is 4.36. The molecule has 0 saturated heterocycles. The van der Waals surface area contributed by atoms with Crippen LogP contribution in [0, 0.1) is 0 Å². The van der Waals surface area contributed by atoms with Crippen LogP contribution in [0.4, 0.5) is 5.82 Å². The van der Waals surface area contributed by atoms with Gasteiger partial charge in [-0.2, -0.15) is 0 Å². The summed E-state index contributed by atoms with van der Waals surface area (Å²) in [7, 11) is 0. The standard InChI is InChI=1S/C11H11ClN2O/c1-8(9-4-3-7-15-9)13-11-6-2-5-10(12)14-11/h2-8H,1H3,(H,13,14). The van der Waals surface area contributed by atoms with Crippen LogP contribution in [0.2, 0.25) is 5.15 Å². The van der Waals surface area contributed by atoms with Gasteiger partial charge in [-0.1, -0.05) is 17.7 Å². The lowest BCUT2D eigenvalue weighted by atomic mass is 10.2. The van der Waals surface area contributed by atoms with Gasteiger partial charge in [0, 0.05) is 0 Å². The molecule has 2 heterocycles. The van der Waals surface area contributed by atoms with E-state index in [4.69, 9.17) is 16.0 Å². The number of hydrogen-bond acceptors (Lipinski definition) is 3. The first-order valence-electron chi connectivity index (χ1n) is 4.68. The minimum Gasteiger partial charge on any atom is -0.467 e. The average Bonchev–Trinajstić information content (AvgIpc) is 2.70. The van der Waals surface area contributed by atoms with Gasteiger partial charge in [0.15, 0.2) is 0 Å². The third-order valence-electron chi connectivity index (χ3n) is 2.05. The van der Waals surface area contributed by atoms with E-state index in [0.717, 1.165) is 11.6 Å². The highest BCUT2D eigenvalue weighted by Crippen LogP contribution is 2.18. The van der Waals surface area contributed by atoms with Crippen LogP contribution < -0.4 is 5.32 Å². The van der Waals surface area contributed by atoms with E-state index in [2.05, 4.69) is 10.3 Å². The van der Waals surface area contributed by atoms with Crippen molar-refractivity contribution in [3.05, 3.63) is 47.5 Å². The molecule has 3 nitrogen and oxygen atoms in total. The molecule has 0 spiro atoms. The number of hydrogen-bond donors (Lipinski definition) is 1. The van der Waals surface area contributed by atoms with Crippen LogP contribution in [0.1, 0.15) is 18.7 Å². The van der Waals surface area contributed by atoms with Gasteiger partial charge in [-0.15, -0.1) is 0 Å². The largest absolute Gasteiger partial charge is 0.467 e. The smallest absolute Gasteiger partial charge is 0.131 e. The second-order valence-corrected chi connectivity index (χ2v) is 3.61. The number of nitrogens with one attached hydrogen (secondary N) is 1. The number of halogens is 1. The summed E-state index contributed by atoms with van der Waals surface area (Å²) in [5, 5.41) is 3.67. The van der Waals surface area contributed by atoms with Gasteiger partial charge in [-0.25, -0.2) is 4.98 Å². The second-order valence-electron chi connectivity index (χ2n) is 3.23. The lowest BCUT2D eigenvalue weighted by Crippen LogP contribution is -2.06. The molecular weight excluding hydrogens is 212 g/mol. The third kappa shape index (κ3) is 2.50. The normalized spacial score (nSPS) is 12.4. The van der Waals surface area contributed by atoms with Gasteiger partial charge in [0.25, 0.3) is 0 Å². The molecule has 0 saturated carbocycles. The molecule has 1 unspecified atom stereocenters. The van der Waals surface area contributed by atoms with E-state index < -0.39 is 0 Å². The molecule has 78 valence electrons. The fourth-order valence-electron chi connectivity index (χ4n) is 1.32. The van der Waals surface area contributed by atoms with Gasteiger partial charge in [0.2, 0.25) is 0 Å². The zero-order chi connectivity index (χ0) is 10.7. The Morgan fingerprint density at radius 2 is 2.20 bits per heavy atom. The van der Waals surface area contributed by atoms with Crippen molar-refractivity contribution in [1.82, 2.24) is 4.98 Å². The summed E-state index contributed by atoms with van der Waals surface area (Å²) in [5.41, 5.74) is 0. The maximum Gasteiger partial charge on any atom is 0.131 e. The number of rotatable bonds is 3. The Balaban J connectivity index is 2.09. The number of aromatic nitrogens is 1. The lowest BCUT2D eigenvalue weighted by Gasteiger charge is -2.11. The molecule has 4 heteroatoms. The Kier molecular flexibility index (Phi) is 2.92. The minimum atomic E-state index is 0.0750. The van der Waals surface area contributed by atoms with Crippen molar-refractivity contribution in [2.24, 2.45) is 0 Å². The third-order valence-corrected chi connectivity index (χ3v) is 2.26. The summed E-state index contributed by atoms with van der Waals surface area (Å²) in [6.07, 6.45) is 1.65. The summed E-state index contributed by atoms with van der Waals surface area (Å²) in [6.45, 7) is 2.00. The van der Waals surface area contributed by atoms with Crippen LogP contribution >= 0.6 is 11.6 Å². The van der Waals surface area contributed by atoms with Crippen molar-refractivity contribution in [3.63, 3.8) is 0 Å². The fraction of sp³-hybridized carbons (Fsp3) is 0.182. The molecule has 1 atom stereocenters. The molecule has 0 fully saturated rings. The van der Waals surface area contributed by atoms with Crippen molar-refractivity contribution in [1.29, 1.82) is 0 Å². The van der Waals surface area contributed by atoms with Crippen LogP contribution in [0.15, 0.2) is 41.0 Å². The molecule has 0 bridgehead atoms. The molecule has 2 aromatic heterocycles. The first-order chi connectivity index (χ1) is 7.25. The average molecular weight is 223 g/mol. The highest BCUT2D eigenvalue weighted by Gasteiger charge is 2.08. The first kappa shape index (κ1) is 10.1. The van der Waals surface area contributed by atoms with Crippen molar-refractivity contribution in [3.8, 4) is 0 Å². The van der Waals surface area contributed by atoms with Crippen LogP contribution in [-0.4, -0.2) is 4.98 Å². The topological polar surface area (TPSA) is 38.1 Å². The van der Waals surface area contributed by atoms with E-state index >= 15 is 0 Å². The van der Waals surface area contributed by atoms with E-state index in [0.29, 0.717) is 5.15 Å². The minimum absolute atomic E-state index is 0.0750. The molecule has 2 rings (SSSR count). The lowest BCUT2D eigenvalue weighted by molar-refractivity contribution is 0.490. The summed E-state index contributed by atoms with van der Waals surface area (Å²) in [5.74, 6) is 1.61. The molecule has 0 aromatic carbocycles. The molecule has 0 amide bonds. The summed E-state index contributed by atoms with van der Waals surface area (Å²) >= 11 is 5.78. The fourth-order valence-corrected chi connectivity index (χ4v) is 1.48. The highest BCUT2D eigenvalue weighted by molar-refractivity contribution is 6.29. The zero-order valence-corrected chi connectivity index (χ0v) is 9.03. The van der Waals surface area contributed by atoms with E-state index in [9.17, 15) is 0 Å². The number of furan rings is 1. The van der Waals surface area contributed by atoms with Gasteiger partial charge in [-0.3, -0.25) is 0 Å². The number of pyridine rings is 1. The first-order valence-corrected chi connectivity index (χ1v) is 5.06. The van der Waals surface area contributed by atoms with E-state index in [1.807, 2.05) is 31.2 Å². The zero-order valence-electron chi connectivity index (χ0n) is 8.27. The maximum atomic E-state index is 5.78. The quantitative estimate of drug-likeness (QED) is 0.808. The van der Waals surface area contributed by atoms with Gasteiger partial charge < -0.3 is 9.73 Å². The molecule has 15 heavy (non-hydrogen) atoms. The van der Waals surface area contributed by atoms with E-state index in [1.165, 1.54) is 0 Å². The van der Waals surface area contributed by atoms with Crippen molar-refractivity contribution in [2.75, 3.05) is 5.32 Å². The molecule has 2 aromatic rings. The molecular formula is C11H11ClN2O. The predicted molar refractivity (Wildman–Crippen MR) is 60.0 cm³/mol. The predicted octanol–water partition coefficient (Wildman–Crippen LogP) is 3.50. The van der Waals surface area contributed by atoms with Crippen LogP contribution in [0.25, 0.3) is 0 Å². The SMILES string of the molecule is CC(Nc1cccc(Cl)n1)c1ccco1. The van der Waals surface area contributed by atoms with Crippen LogP contribution in [0.3, 0.4) is 0 Å². The molecule has 0 radical (unpaired) electrons. The molecule has 0 aliphatic carbocycles. The van der Waals surface area contributed by atoms with E-state index in [1.54, 1.807) is 12.3 Å². The van der Waals surface area contributed by atoms with E-state index in [-0.39, 0.29) is 6.04 Å². The Labute approximate surface area is 93.1 Å². The number of anilines is 1. The molecule has 0 aliphatic rings. The Morgan fingerprint density at radius 1 is 1.33 bits per heavy atom. The monoisotopic (exact) mass is 222 g/mol. The highest BCUT2D eigenvalue weighted by atomic mass is 35.5. The molecule has 1 N–H and O–H groups in total. The van der Waals surface area contributed by atoms with Crippen molar-refractivity contribution >= 4 is 17.4 Å². The molecule has 0 aliphatic heterocycles. The summed E-state index contributed by atoms with van der Waals surface area (Å²) in [6, 6.07) is 9.31. The summed E-state index contributed by atoms with van der Waals surface area (Å²) in [4.78, 5) is 4.14. The Morgan fingerprint density at radius 3 is 2.87 bits per heavy atom. The number of nitrogens with zero attached hydrogens (tertiary/aromatic N) is 1. The van der Waals surface area contributed by atoms with Gasteiger partial charge >= 0.3 is 0 Å².